The molecule has 0 radical (unpaired) electrons. The van der Waals surface area contributed by atoms with Crippen LogP contribution in [0.15, 0.2) is 22.7 Å². The van der Waals surface area contributed by atoms with Gasteiger partial charge in [0, 0.05) is 12.2 Å². The number of aromatic nitrogens is 2. The Morgan fingerprint density at radius 3 is 2.81 bits per heavy atom. The SMILES string of the molecule is CCOC1(c2noc(-c3ccc(O)c(N)c3)n2)CCCC1. The first-order valence-corrected chi connectivity index (χ1v) is 7.21. The first-order valence-electron chi connectivity index (χ1n) is 7.21. The lowest BCUT2D eigenvalue weighted by Gasteiger charge is -2.24. The van der Waals surface area contributed by atoms with Crippen molar-refractivity contribution < 1.29 is 14.4 Å². The minimum atomic E-state index is -0.418. The van der Waals surface area contributed by atoms with Gasteiger partial charge in [0.1, 0.15) is 11.4 Å². The quantitative estimate of drug-likeness (QED) is 0.664. The predicted molar refractivity (Wildman–Crippen MR) is 77.6 cm³/mol. The van der Waals surface area contributed by atoms with Gasteiger partial charge in [-0.05, 0) is 50.8 Å². The van der Waals surface area contributed by atoms with E-state index in [2.05, 4.69) is 10.1 Å². The Labute approximate surface area is 122 Å². The number of ether oxygens (including phenoxy) is 1. The summed E-state index contributed by atoms with van der Waals surface area (Å²) >= 11 is 0. The fourth-order valence-corrected chi connectivity index (χ4v) is 2.87. The van der Waals surface area contributed by atoms with Gasteiger partial charge in [-0.15, -0.1) is 0 Å². The standard InChI is InChI=1S/C15H19N3O3/c1-2-20-15(7-3-4-8-15)14-17-13(21-18-14)10-5-6-12(19)11(16)9-10/h5-6,9,19H,2-4,7-8,16H2,1H3. The fourth-order valence-electron chi connectivity index (χ4n) is 2.87. The van der Waals surface area contributed by atoms with Crippen LogP contribution in [-0.4, -0.2) is 21.9 Å². The van der Waals surface area contributed by atoms with Gasteiger partial charge in [0.15, 0.2) is 0 Å². The first-order chi connectivity index (χ1) is 10.1. The molecule has 3 rings (SSSR count). The van der Waals surface area contributed by atoms with Crippen molar-refractivity contribution in [2.75, 3.05) is 12.3 Å². The minimum absolute atomic E-state index is 0.0417. The molecule has 0 aliphatic heterocycles. The van der Waals surface area contributed by atoms with Crippen molar-refractivity contribution in [3.8, 4) is 17.2 Å². The highest BCUT2D eigenvalue weighted by molar-refractivity contribution is 5.64. The van der Waals surface area contributed by atoms with Crippen LogP contribution in [0.1, 0.15) is 38.4 Å². The first kappa shape index (κ1) is 13.9. The van der Waals surface area contributed by atoms with Crippen molar-refractivity contribution in [3.05, 3.63) is 24.0 Å². The molecule has 1 aliphatic carbocycles. The van der Waals surface area contributed by atoms with Crippen molar-refractivity contribution in [1.82, 2.24) is 10.1 Å². The molecular weight excluding hydrogens is 270 g/mol. The van der Waals surface area contributed by atoms with E-state index in [-0.39, 0.29) is 11.4 Å². The van der Waals surface area contributed by atoms with Crippen LogP contribution in [0.5, 0.6) is 5.75 Å². The molecule has 0 atom stereocenters. The molecule has 6 heteroatoms. The highest BCUT2D eigenvalue weighted by Gasteiger charge is 2.40. The molecule has 2 aromatic rings. The molecule has 0 saturated heterocycles. The van der Waals surface area contributed by atoms with Crippen molar-refractivity contribution >= 4 is 5.69 Å². The van der Waals surface area contributed by atoms with E-state index in [1.165, 1.54) is 6.07 Å². The van der Waals surface area contributed by atoms with Crippen LogP contribution in [0.4, 0.5) is 5.69 Å². The molecule has 1 fully saturated rings. The molecule has 1 aliphatic rings. The van der Waals surface area contributed by atoms with Gasteiger partial charge in [-0.3, -0.25) is 0 Å². The molecule has 21 heavy (non-hydrogen) atoms. The number of benzene rings is 1. The van der Waals surface area contributed by atoms with Crippen molar-refractivity contribution in [2.24, 2.45) is 0 Å². The largest absolute Gasteiger partial charge is 0.506 e. The normalized spacial score (nSPS) is 17.2. The summed E-state index contributed by atoms with van der Waals surface area (Å²) in [7, 11) is 0. The van der Waals surface area contributed by atoms with E-state index >= 15 is 0 Å². The average Bonchev–Trinajstić information content (AvgIpc) is 3.12. The van der Waals surface area contributed by atoms with E-state index in [4.69, 9.17) is 15.0 Å². The van der Waals surface area contributed by atoms with Crippen LogP contribution in [0.25, 0.3) is 11.5 Å². The predicted octanol–water partition coefficient (Wildman–Crippen LogP) is 2.83. The maximum Gasteiger partial charge on any atom is 0.258 e. The summed E-state index contributed by atoms with van der Waals surface area (Å²) in [6.45, 7) is 2.60. The smallest absolute Gasteiger partial charge is 0.258 e. The molecule has 1 saturated carbocycles. The minimum Gasteiger partial charge on any atom is -0.506 e. The van der Waals surface area contributed by atoms with E-state index in [1.807, 2.05) is 6.92 Å². The van der Waals surface area contributed by atoms with Gasteiger partial charge in [-0.25, -0.2) is 0 Å². The zero-order valence-corrected chi connectivity index (χ0v) is 12.0. The fraction of sp³-hybridized carbons (Fsp3) is 0.467. The summed E-state index contributed by atoms with van der Waals surface area (Å²) in [6, 6.07) is 4.84. The summed E-state index contributed by atoms with van der Waals surface area (Å²) in [4.78, 5) is 4.48. The second-order valence-corrected chi connectivity index (χ2v) is 5.33. The number of rotatable bonds is 4. The van der Waals surface area contributed by atoms with E-state index in [0.717, 1.165) is 25.7 Å². The van der Waals surface area contributed by atoms with Gasteiger partial charge in [0.25, 0.3) is 5.89 Å². The Morgan fingerprint density at radius 1 is 1.38 bits per heavy atom. The highest BCUT2D eigenvalue weighted by atomic mass is 16.5. The Bertz CT molecular complexity index is 633. The molecular formula is C15H19N3O3. The van der Waals surface area contributed by atoms with Crippen LogP contribution >= 0.6 is 0 Å². The van der Waals surface area contributed by atoms with E-state index in [1.54, 1.807) is 12.1 Å². The molecule has 0 bridgehead atoms. The topological polar surface area (TPSA) is 94.4 Å². The second kappa shape index (κ2) is 5.37. The third-order valence-corrected chi connectivity index (χ3v) is 3.94. The van der Waals surface area contributed by atoms with Crippen LogP contribution in [0.2, 0.25) is 0 Å². The molecule has 112 valence electrons. The van der Waals surface area contributed by atoms with Crippen molar-refractivity contribution in [1.29, 1.82) is 0 Å². The number of hydrogen-bond acceptors (Lipinski definition) is 6. The molecule has 0 unspecified atom stereocenters. The number of anilines is 1. The number of nitrogens with zero attached hydrogens (tertiary/aromatic N) is 2. The lowest BCUT2D eigenvalue weighted by molar-refractivity contribution is -0.0469. The maximum atomic E-state index is 9.47. The molecule has 6 nitrogen and oxygen atoms in total. The van der Waals surface area contributed by atoms with Gasteiger partial charge in [-0.2, -0.15) is 4.98 Å². The van der Waals surface area contributed by atoms with Crippen LogP contribution < -0.4 is 5.73 Å². The summed E-state index contributed by atoms with van der Waals surface area (Å²) in [5.74, 6) is 1.03. The number of nitrogen functional groups attached to an aromatic ring is 1. The van der Waals surface area contributed by atoms with Crippen LogP contribution in [-0.2, 0) is 10.3 Å². The van der Waals surface area contributed by atoms with Gasteiger partial charge >= 0.3 is 0 Å². The molecule has 1 heterocycles. The maximum absolute atomic E-state index is 9.47. The summed E-state index contributed by atoms with van der Waals surface area (Å²) < 4.78 is 11.3. The van der Waals surface area contributed by atoms with Crippen molar-refractivity contribution in [3.63, 3.8) is 0 Å². The van der Waals surface area contributed by atoms with Gasteiger partial charge in [0.2, 0.25) is 5.82 Å². The van der Waals surface area contributed by atoms with E-state index in [0.29, 0.717) is 23.9 Å². The summed E-state index contributed by atoms with van der Waals surface area (Å²) in [5.41, 5.74) is 6.25. The van der Waals surface area contributed by atoms with Crippen molar-refractivity contribution in [2.45, 2.75) is 38.2 Å². The van der Waals surface area contributed by atoms with Gasteiger partial charge < -0.3 is 20.1 Å². The lowest BCUT2D eigenvalue weighted by Crippen LogP contribution is -2.27. The molecule has 0 amide bonds. The zero-order valence-electron chi connectivity index (χ0n) is 12.0. The Kier molecular flexibility index (Phi) is 3.55. The monoisotopic (exact) mass is 289 g/mol. The van der Waals surface area contributed by atoms with Gasteiger partial charge in [-0.1, -0.05) is 5.16 Å². The molecule has 3 N–H and O–H groups in total. The van der Waals surface area contributed by atoms with E-state index in [9.17, 15) is 5.11 Å². The molecule has 1 aromatic heterocycles. The van der Waals surface area contributed by atoms with Crippen LogP contribution in [0.3, 0.4) is 0 Å². The number of phenolic OH excluding ortho intramolecular Hbond substituents is 1. The van der Waals surface area contributed by atoms with Gasteiger partial charge in [0.05, 0.1) is 5.69 Å². The Morgan fingerprint density at radius 2 is 2.14 bits per heavy atom. The highest BCUT2D eigenvalue weighted by Crippen LogP contribution is 2.41. The third kappa shape index (κ3) is 2.47. The average molecular weight is 289 g/mol. The summed E-state index contributed by atoms with van der Waals surface area (Å²) in [6.07, 6.45) is 4.04. The second-order valence-electron chi connectivity index (χ2n) is 5.33. The Balaban J connectivity index is 1.93. The Hall–Kier alpha value is -2.08. The number of phenols is 1. The number of nitrogens with two attached hydrogens (primary N) is 1. The van der Waals surface area contributed by atoms with Crippen LogP contribution in [0, 0.1) is 0 Å². The third-order valence-electron chi connectivity index (χ3n) is 3.94. The number of hydrogen-bond donors (Lipinski definition) is 2. The molecule has 0 spiro atoms. The van der Waals surface area contributed by atoms with E-state index < -0.39 is 5.60 Å². The summed E-state index contributed by atoms with van der Waals surface area (Å²) in [5, 5.41) is 13.6. The molecule has 1 aromatic carbocycles. The lowest BCUT2D eigenvalue weighted by atomic mass is 10.0. The number of aromatic hydroxyl groups is 1. The zero-order chi connectivity index (χ0) is 14.9.